The summed E-state index contributed by atoms with van der Waals surface area (Å²) in [5.41, 5.74) is 1.93. The van der Waals surface area contributed by atoms with Gasteiger partial charge in [-0.2, -0.15) is 0 Å². The van der Waals surface area contributed by atoms with Crippen molar-refractivity contribution in [2.75, 3.05) is 18.0 Å². The van der Waals surface area contributed by atoms with E-state index in [1.807, 2.05) is 18.7 Å². The molecule has 1 heterocycles. The third-order valence-electron chi connectivity index (χ3n) is 4.59. The molecule has 6 heteroatoms. The standard InChI is InChI=1S/C21H24F2N2O2/c1-13-4-6-18(22)17(8-13)21(26)24-10-16-5-7-20(19(23)9-16)25-11-14(2)27-15(3)12-25/h4-9,14-15H,10-12H2,1-3H3,(H,24,26). The molecule has 1 fully saturated rings. The minimum Gasteiger partial charge on any atom is -0.372 e. The fraction of sp³-hybridized carbons (Fsp3) is 0.381. The van der Waals surface area contributed by atoms with Crippen molar-refractivity contribution in [3.05, 3.63) is 64.7 Å². The third kappa shape index (κ3) is 4.63. The Labute approximate surface area is 158 Å². The summed E-state index contributed by atoms with van der Waals surface area (Å²) in [5.74, 6) is -1.43. The van der Waals surface area contributed by atoms with Crippen LogP contribution in [0.25, 0.3) is 0 Å². The van der Waals surface area contributed by atoms with Crippen LogP contribution in [-0.4, -0.2) is 31.2 Å². The molecule has 2 unspecified atom stereocenters. The van der Waals surface area contributed by atoms with Crippen molar-refractivity contribution in [3.8, 4) is 0 Å². The summed E-state index contributed by atoms with van der Waals surface area (Å²) < 4.78 is 34.1. The number of benzene rings is 2. The molecule has 27 heavy (non-hydrogen) atoms. The van der Waals surface area contributed by atoms with Crippen LogP contribution in [0.1, 0.15) is 35.3 Å². The van der Waals surface area contributed by atoms with E-state index < -0.39 is 11.7 Å². The second kappa shape index (κ2) is 8.05. The highest BCUT2D eigenvalue weighted by Gasteiger charge is 2.24. The van der Waals surface area contributed by atoms with Gasteiger partial charge in [0.05, 0.1) is 23.5 Å². The molecule has 144 valence electrons. The fourth-order valence-electron chi connectivity index (χ4n) is 3.38. The first kappa shape index (κ1) is 19.3. The summed E-state index contributed by atoms with van der Waals surface area (Å²) >= 11 is 0. The largest absolute Gasteiger partial charge is 0.372 e. The van der Waals surface area contributed by atoms with E-state index in [9.17, 15) is 13.6 Å². The number of morpholine rings is 1. The zero-order valence-electron chi connectivity index (χ0n) is 15.8. The van der Waals surface area contributed by atoms with Crippen molar-refractivity contribution in [1.82, 2.24) is 5.32 Å². The van der Waals surface area contributed by atoms with Gasteiger partial charge in [-0.25, -0.2) is 8.78 Å². The minimum atomic E-state index is -0.574. The summed E-state index contributed by atoms with van der Waals surface area (Å²) in [6, 6.07) is 9.27. The Morgan fingerprint density at radius 2 is 1.81 bits per heavy atom. The number of halogens is 2. The van der Waals surface area contributed by atoms with E-state index in [2.05, 4.69) is 5.32 Å². The first-order chi connectivity index (χ1) is 12.8. The Morgan fingerprint density at radius 1 is 1.11 bits per heavy atom. The van der Waals surface area contributed by atoms with E-state index in [1.54, 1.807) is 25.1 Å². The lowest BCUT2D eigenvalue weighted by atomic mass is 10.1. The molecule has 0 bridgehead atoms. The molecule has 1 amide bonds. The summed E-state index contributed by atoms with van der Waals surface area (Å²) in [7, 11) is 0. The third-order valence-corrected chi connectivity index (χ3v) is 4.59. The number of ether oxygens (including phenoxy) is 1. The molecule has 2 aromatic rings. The average molecular weight is 374 g/mol. The molecule has 1 aliphatic rings. The highest BCUT2D eigenvalue weighted by molar-refractivity contribution is 5.94. The number of nitrogens with one attached hydrogen (secondary N) is 1. The highest BCUT2D eigenvalue weighted by atomic mass is 19.1. The molecule has 1 aliphatic heterocycles. The maximum Gasteiger partial charge on any atom is 0.254 e. The van der Waals surface area contributed by atoms with Gasteiger partial charge in [0.2, 0.25) is 0 Å². The highest BCUT2D eigenvalue weighted by Crippen LogP contribution is 2.24. The average Bonchev–Trinajstić information content (AvgIpc) is 2.61. The zero-order chi connectivity index (χ0) is 19.6. The maximum absolute atomic E-state index is 14.6. The van der Waals surface area contributed by atoms with Crippen molar-refractivity contribution in [3.63, 3.8) is 0 Å². The predicted octanol–water partition coefficient (Wildman–Crippen LogP) is 3.82. The number of hydrogen-bond donors (Lipinski definition) is 1. The van der Waals surface area contributed by atoms with Gasteiger partial charge in [-0.05, 0) is 50.6 Å². The van der Waals surface area contributed by atoms with Crippen LogP contribution >= 0.6 is 0 Å². The van der Waals surface area contributed by atoms with Crippen molar-refractivity contribution in [2.45, 2.75) is 39.5 Å². The van der Waals surface area contributed by atoms with Gasteiger partial charge in [0, 0.05) is 19.6 Å². The number of carbonyl (C=O) groups is 1. The Kier molecular flexibility index (Phi) is 5.75. The molecule has 0 aromatic heterocycles. The number of aryl methyl sites for hydroxylation is 1. The van der Waals surface area contributed by atoms with Crippen LogP contribution in [0, 0.1) is 18.6 Å². The Balaban J connectivity index is 1.67. The Hall–Kier alpha value is -2.47. The second-order valence-electron chi connectivity index (χ2n) is 7.11. The first-order valence-corrected chi connectivity index (χ1v) is 9.06. The molecular formula is C21H24F2N2O2. The van der Waals surface area contributed by atoms with Crippen LogP contribution < -0.4 is 10.2 Å². The summed E-state index contributed by atoms with van der Waals surface area (Å²) in [5, 5.41) is 2.64. The van der Waals surface area contributed by atoms with Crippen LogP contribution in [0.2, 0.25) is 0 Å². The number of rotatable bonds is 4. The van der Waals surface area contributed by atoms with Crippen molar-refractivity contribution in [2.24, 2.45) is 0 Å². The molecule has 1 N–H and O–H groups in total. The normalized spacial score (nSPS) is 19.8. The van der Waals surface area contributed by atoms with E-state index in [4.69, 9.17) is 4.74 Å². The Morgan fingerprint density at radius 3 is 2.48 bits per heavy atom. The number of amides is 1. The van der Waals surface area contributed by atoms with E-state index in [0.717, 1.165) is 5.56 Å². The maximum atomic E-state index is 14.6. The van der Waals surface area contributed by atoms with Gasteiger partial charge in [0.15, 0.2) is 0 Å². The molecule has 0 aliphatic carbocycles. The number of nitrogens with zero attached hydrogens (tertiary/aromatic N) is 1. The molecule has 1 saturated heterocycles. The monoisotopic (exact) mass is 374 g/mol. The topological polar surface area (TPSA) is 41.6 Å². The van der Waals surface area contributed by atoms with Crippen LogP contribution in [-0.2, 0) is 11.3 Å². The minimum absolute atomic E-state index is 0.0108. The molecular weight excluding hydrogens is 350 g/mol. The van der Waals surface area contributed by atoms with Crippen LogP contribution in [0.15, 0.2) is 36.4 Å². The van der Waals surface area contributed by atoms with Gasteiger partial charge >= 0.3 is 0 Å². The van der Waals surface area contributed by atoms with Gasteiger partial charge in [-0.1, -0.05) is 17.7 Å². The van der Waals surface area contributed by atoms with Gasteiger partial charge in [0.1, 0.15) is 11.6 Å². The van der Waals surface area contributed by atoms with Gasteiger partial charge in [-0.15, -0.1) is 0 Å². The quantitative estimate of drug-likeness (QED) is 0.885. The lowest BCUT2D eigenvalue weighted by molar-refractivity contribution is -0.00539. The van der Waals surface area contributed by atoms with Crippen molar-refractivity contribution >= 4 is 11.6 Å². The number of hydrogen-bond acceptors (Lipinski definition) is 3. The van der Waals surface area contributed by atoms with Gasteiger partial charge < -0.3 is 15.0 Å². The molecule has 0 spiro atoms. The summed E-state index contributed by atoms with van der Waals surface area (Å²) in [6.07, 6.45) is 0.0766. The first-order valence-electron chi connectivity index (χ1n) is 9.06. The van der Waals surface area contributed by atoms with Crippen LogP contribution in [0.4, 0.5) is 14.5 Å². The van der Waals surface area contributed by atoms with Crippen LogP contribution in [0.5, 0.6) is 0 Å². The van der Waals surface area contributed by atoms with Crippen molar-refractivity contribution in [1.29, 1.82) is 0 Å². The van der Waals surface area contributed by atoms with Gasteiger partial charge in [-0.3, -0.25) is 4.79 Å². The molecule has 2 atom stereocenters. The lowest BCUT2D eigenvalue weighted by Crippen LogP contribution is -2.45. The summed E-state index contributed by atoms with van der Waals surface area (Å²) in [4.78, 5) is 14.2. The molecule has 3 rings (SSSR count). The van der Waals surface area contributed by atoms with Crippen LogP contribution in [0.3, 0.4) is 0 Å². The molecule has 0 radical (unpaired) electrons. The smallest absolute Gasteiger partial charge is 0.254 e. The van der Waals surface area contributed by atoms with E-state index in [-0.39, 0.29) is 30.1 Å². The predicted molar refractivity (Wildman–Crippen MR) is 101 cm³/mol. The fourth-order valence-corrected chi connectivity index (χ4v) is 3.38. The molecule has 0 saturated carbocycles. The van der Waals surface area contributed by atoms with Gasteiger partial charge in [0.25, 0.3) is 5.91 Å². The lowest BCUT2D eigenvalue weighted by Gasteiger charge is -2.37. The number of anilines is 1. The molecule has 2 aromatic carbocycles. The summed E-state index contributed by atoms with van der Waals surface area (Å²) in [6.45, 7) is 7.11. The number of carbonyl (C=O) groups excluding carboxylic acids is 1. The van der Waals surface area contributed by atoms with E-state index >= 15 is 0 Å². The second-order valence-corrected chi connectivity index (χ2v) is 7.11. The van der Waals surface area contributed by atoms with Crippen molar-refractivity contribution < 1.29 is 18.3 Å². The molecule has 4 nitrogen and oxygen atoms in total. The Bertz CT molecular complexity index is 831. The SMILES string of the molecule is Cc1ccc(F)c(C(=O)NCc2ccc(N3CC(C)OC(C)C3)c(F)c2)c1. The van der Waals surface area contributed by atoms with E-state index in [0.29, 0.717) is 24.3 Å². The van der Waals surface area contributed by atoms with E-state index in [1.165, 1.54) is 18.2 Å². The zero-order valence-corrected chi connectivity index (χ0v) is 15.8.